The predicted octanol–water partition coefficient (Wildman–Crippen LogP) is 4.36. The number of hydrogen-bond donors (Lipinski definition) is 2. The van der Waals surface area contributed by atoms with Crippen LogP contribution in [0.5, 0.6) is 0 Å². The van der Waals surface area contributed by atoms with Gasteiger partial charge in [0.05, 0.1) is 6.54 Å². The first-order valence-corrected chi connectivity index (χ1v) is 13.1. The highest BCUT2D eigenvalue weighted by atomic mass is 16.5. The third kappa shape index (κ3) is 8.87. The first kappa shape index (κ1) is 28.6. The van der Waals surface area contributed by atoms with Crippen molar-refractivity contribution in [3.8, 4) is 0 Å². The van der Waals surface area contributed by atoms with Crippen molar-refractivity contribution in [3.05, 3.63) is 83.6 Å². The summed E-state index contributed by atoms with van der Waals surface area (Å²) in [7, 11) is 0. The molecule has 3 rings (SSSR count). The molecular formula is C30H38N4O4. The minimum atomic E-state index is -0.903. The standard InChI is InChI=1S/C30H38N4O4/c1-4-18-34(20-27(35)32-22-30(2,3)24-14-9-6-10-15-24)28(36)26(19-25-16-11-17-31-25)33-29(37)38-21-23-12-7-5-8-13-23/h5-10,12-17,26H,4,11,18-22H2,1-3H3,(H,32,35)(H,33,37)/t26-/m0/s1. The van der Waals surface area contributed by atoms with Gasteiger partial charge in [-0.1, -0.05) is 87.5 Å². The lowest BCUT2D eigenvalue weighted by molar-refractivity contribution is -0.137. The SMILES string of the molecule is CCCN(CC(=O)NCC(C)(C)c1ccccc1)C(=O)[C@H](CC1=CCC=N1)NC(=O)OCc1ccccc1. The molecule has 0 bridgehead atoms. The van der Waals surface area contributed by atoms with Gasteiger partial charge in [0.25, 0.3) is 0 Å². The van der Waals surface area contributed by atoms with Crippen LogP contribution in [0.3, 0.4) is 0 Å². The second-order valence-electron chi connectivity index (χ2n) is 9.99. The van der Waals surface area contributed by atoms with E-state index in [-0.39, 0.29) is 36.8 Å². The number of carbonyl (C=O) groups is 3. The van der Waals surface area contributed by atoms with Gasteiger partial charge in [0.15, 0.2) is 0 Å². The van der Waals surface area contributed by atoms with E-state index in [9.17, 15) is 14.4 Å². The molecule has 1 aliphatic heterocycles. The minimum Gasteiger partial charge on any atom is -0.445 e. The van der Waals surface area contributed by atoms with E-state index in [1.807, 2.05) is 73.7 Å². The molecular weight excluding hydrogens is 480 g/mol. The van der Waals surface area contributed by atoms with Crippen LogP contribution < -0.4 is 10.6 Å². The van der Waals surface area contributed by atoms with E-state index in [0.29, 0.717) is 25.9 Å². The normalized spacial score (nSPS) is 13.4. The number of nitrogens with zero attached hydrogens (tertiary/aromatic N) is 2. The summed E-state index contributed by atoms with van der Waals surface area (Å²) in [5.41, 5.74) is 2.41. The van der Waals surface area contributed by atoms with E-state index in [4.69, 9.17) is 4.74 Å². The summed E-state index contributed by atoms with van der Waals surface area (Å²) in [6, 6.07) is 18.4. The Morgan fingerprint density at radius 3 is 2.37 bits per heavy atom. The van der Waals surface area contributed by atoms with Gasteiger partial charge in [0.1, 0.15) is 12.6 Å². The Bertz CT molecular complexity index is 1130. The van der Waals surface area contributed by atoms with Crippen molar-refractivity contribution in [2.24, 2.45) is 4.99 Å². The van der Waals surface area contributed by atoms with Gasteiger partial charge in [-0.05, 0) is 17.5 Å². The molecule has 0 spiro atoms. The number of amides is 3. The maximum absolute atomic E-state index is 13.6. The first-order valence-electron chi connectivity index (χ1n) is 13.1. The van der Waals surface area contributed by atoms with Crippen molar-refractivity contribution in [2.45, 2.75) is 58.1 Å². The van der Waals surface area contributed by atoms with Crippen LogP contribution in [0.15, 0.2) is 77.4 Å². The molecule has 0 unspecified atom stereocenters. The zero-order valence-electron chi connectivity index (χ0n) is 22.5. The quantitative estimate of drug-likeness (QED) is 0.411. The lowest BCUT2D eigenvalue weighted by Gasteiger charge is -2.29. The number of hydrogen-bond acceptors (Lipinski definition) is 5. The Morgan fingerprint density at radius 1 is 1.05 bits per heavy atom. The molecule has 202 valence electrons. The Hall–Kier alpha value is -3.94. The van der Waals surface area contributed by atoms with Crippen molar-refractivity contribution in [3.63, 3.8) is 0 Å². The van der Waals surface area contributed by atoms with Gasteiger partial charge in [-0.3, -0.25) is 14.6 Å². The van der Waals surface area contributed by atoms with E-state index >= 15 is 0 Å². The molecule has 2 aromatic carbocycles. The second kappa shape index (κ2) is 14.1. The fourth-order valence-corrected chi connectivity index (χ4v) is 4.16. The van der Waals surface area contributed by atoms with Crippen LogP contribution in [-0.2, 0) is 26.3 Å². The molecule has 2 N–H and O–H groups in total. The smallest absolute Gasteiger partial charge is 0.408 e. The average molecular weight is 519 g/mol. The molecule has 1 atom stereocenters. The van der Waals surface area contributed by atoms with Crippen molar-refractivity contribution in [2.75, 3.05) is 19.6 Å². The van der Waals surface area contributed by atoms with Gasteiger partial charge in [0, 0.05) is 43.3 Å². The highest BCUT2D eigenvalue weighted by molar-refractivity contribution is 5.90. The number of rotatable bonds is 13. The molecule has 3 amide bonds. The number of carbonyl (C=O) groups excluding carboxylic acids is 3. The van der Waals surface area contributed by atoms with E-state index in [1.54, 1.807) is 6.21 Å². The predicted molar refractivity (Wildman–Crippen MR) is 149 cm³/mol. The Kier molecular flexibility index (Phi) is 10.6. The average Bonchev–Trinajstić information content (AvgIpc) is 3.44. The van der Waals surface area contributed by atoms with Gasteiger partial charge < -0.3 is 20.3 Å². The summed E-state index contributed by atoms with van der Waals surface area (Å²) < 4.78 is 5.35. The zero-order chi connectivity index (χ0) is 27.4. The van der Waals surface area contributed by atoms with Crippen LogP contribution in [0.25, 0.3) is 0 Å². The third-order valence-electron chi connectivity index (χ3n) is 6.35. The van der Waals surface area contributed by atoms with Crippen LogP contribution in [0.2, 0.25) is 0 Å². The van der Waals surface area contributed by atoms with Crippen LogP contribution in [-0.4, -0.2) is 54.7 Å². The van der Waals surface area contributed by atoms with Gasteiger partial charge in [-0.2, -0.15) is 0 Å². The molecule has 8 heteroatoms. The first-order chi connectivity index (χ1) is 18.3. The lowest BCUT2D eigenvalue weighted by atomic mass is 9.84. The van der Waals surface area contributed by atoms with Crippen molar-refractivity contribution < 1.29 is 19.1 Å². The number of ether oxygens (including phenoxy) is 1. The fourth-order valence-electron chi connectivity index (χ4n) is 4.16. The summed E-state index contributed by atoms with van der Waals surface area (Å²) in [5.74, 6) is -0.594. The van der Waals surface area contributed by atoms with Gasteiger partial charge >= 0.3 is 6.09 Å². The number of alkyl carbamates (subject to hydrolysis) is 1. The molecule has 0 saturated heterocycles. The molecule has 38 heavy (non-hydrogen) atoms. The van der Waals surface area contributed by atoms with Crippen LogP contribution in [0, 0.1) is 0 Å². The summed E-state index contributed by atoms with van der Waals surface area (Å²) in [6.45, 7) is 6.87. The van der Waals surface area contributed by atoms with Crippen molar-refractivity contribution >= 4 is 24.1 Å². The Morgan fingerprint density at radius 2 is 1.74 bits per heavy atom. The number of benzene rings is 2. The fraction of sp³-hybridized carbons (Fsp3) is 0.400. The van der Waals surface area contributed by atoms with Gasteiger partial charge in [-0.15, -0.1) is 0 Å². The van der Waals surface area contributed by atoms with Crippen LogP contribution >= 0.6 is 0 Å². The molecule has 2 aromatic rings. The highest BCUT2D eigenvalue weighted by Gasteiger charge is 2.29. The number of aliphatic imine (C=N–C) groups is 1. The molecule has 1 aliphatic rings. The third-order valence-corrected chi connectivity index (χ3v) is 6.35. The maximum Gasteiger partial charge on any atom is 0.408 e. The molecule has 0 radical (unpaired) electrons. The molecule has 1 heterocycles. The Labute approximate surface area is 225 Å². The molecule has 0 saturated carbocycles. The Balaban J connectivity index is 1.63. The zero-order valence-corrected chi connectivity index (χ0v) is 22.5. The maximum atomic E-state index is 13.6. The van der Waals surface area contributed by atoms with E-state index < -0.39 is 12.1 Å². The molecule has 0 fully saturated rings. The molecule has 0 aliphatic carbocycles. The van der Waals surface area contributed by atoms with E-state index in [0.717, 1.165) is 16.8 Å². The summed E-state index contributed by atoms with van der Waals surface area (Å²) in [5, 5.41) is 5.68. The summed E-state index contributed by atoms with van der Waals surface area (Å²) in [4.78, 5) is 44.9. The second-order valence-corrected chi connectivity index (χ2v) is 9.99. The minimum absolute atomic E-state index is 0.0900. The number of nitrogens with one attached hydrogen (secondary N) is 2. The monoisotopic (exact) mass is 518 g/mol. The highest BCUT2D eigenvalue weighted by Crippen LogP contribution is 2.21. The van der Waals surface area contributed by atoms with Crippen molar-refractivity contribution in [1.82, 2.24) is 15.5 Å². The van der Waals surface area contributed by atoms with E-state index in [2.05, 4.69) is 29.5 Å². The topological polar surface area (TPSA) is 100 Å². The molecule has 0 aromatic heterocycles. The summed E-state index contributed by atoms with van der Waals surface area (Å²) in [6.07, 6.45) is 4.56. The lowest BCUT2D eigenvalue weighted by Crippen LogP contribution is -2.52. The van der Waals surface area contributed by atoms with Gasteiger partial charge in [-0.25, -0.2) is 4.79 Å². The summed E-state index contributed by atoms with van der Waals surface area (Å²) >= 11 is 0. The molecule has 8 nitrogen and oxygen atoms in total. The van der Waals surface area contributed by atoms with E-state index in [1.165, 1.54) is 4.90 Å². The van der Waals surface area contributed by atoms with Gasteiger partial charge in [0.2, 0.25) is 11.8 Å². The largest absolute Gasteiger partial charge is 0.445 e. The van der Waals surface area contributed by atoms with Crippen LogP contribution in [0.1, 0.15) is 51.2 Å². The number of allylic oxidation sites excluding steroid dienone is 1. The van der Waals surface area contributed by atoms with Crippen LogP contribution in [0.4, 0.5) is 4.79 Å². The van der Waals surface area contributed by atoms with Crippen molar-refractivity contribution in [1.29, 1.82) is 0 Å².